The molecule has 12 nitrogen and oxygen atoms in total. The molecule has 1 saturated heterocycles. The van der Waals surface area contributed by atoms with E-state index in [1.165, 1.54) is 24.2 Å². The molecule has 222 valence electrons. The molecule has 0 saturated carbocycles. The molecular weight excluding hydrogens is 593 g/mol. The molecule has 1 aliphatic heterocycles. The summed E-state index contributed by atoms with van der Waals surface area (Å²) < 4.78 is 6.14. The van der Waals surface area contributed by atoms with E-state index in [1.54, 1.807) is 36.4 Å². The number of ether oxygens (including phenoxy) is 1. The Balaban J connectivity index is 1.39. The van der Waals surface area contributed by atoms with Crippen LogP contribution >= 0.6 is 23.2 Å². The van der Waals surface area contributed by atoms with Crippen molar-refractivity contribution in [2.45, 2.75) is 25.3 Å². The molecule has 2 aromatic heterocycles. The Hall–Kier alpha value is -4.39. The van der Waals surface area contributed by atoms with Crippen molar-refractivity contribution in [2.24, 2.45) is 5.92 Å². The SMILES string of the molecule is COC(=O)Nc1ccc(-c2cc(C(CC3CCCNC3)NC(=O)C=Cc3cc(Cl)ccc3-n3cnnn3)nnc2Cl)cc1. The number of methoxy groups -OCH3 is 1. The number of anilines is 1. The van der Waals surface area contributed by atoms with Crippen LogP contribution in [0, 0.1) is 5.92 Å². The number of carbonyl (C=O) groups is 2. The average Bonchev–Trinajstić information content (AvgIpc) is 3.56. The largest absolute Gasteiger partial charge is 0.453 e. The Bertz CT molecular complexity index is 1590. The maximum absolute atomic E-state index is 13.3. The van der Waals surface area contributed by atoms with Crippen LogP contribution in [0.4, 0.5) is 10.5 Å². The van der Waals surface area contributed by atoms with Gasteiger partial charge in [-0.15, -0.1) is 10.2 Å². The van der Waals surface area contributed by atoms with Gasteiger partial charge in [0.2, 0.25) is 5.91 Å². The lowest BCUT2D eigenvalue weighted by atomic mass is 9.90. The summed E-state index contributed by atoms with van der Waals surface area (Å²) in [5.74, 6) is 0.0277. The van der Waals surface area contributed by atoms with Crippen molar-refractivity contribution >= 4 is 47.0 Å². The van der Waals surface area contributed by atoms with Crippen molar-refractivity contribution in [3.05, 3.63) is 82.4 Å². The first-order valence-electron chi connectivity index (χ1n) is 13.6. The van der Waals surface area contributed by atoms with E-state index in [1.807, 2.05) is 18.2 Å². The van der Waals surface area contributed by atoms with Crippen molar-refractivity contribution in [1.29, 1.82) is 0 Å². The van der Waals surface area contributed by atoms with Crippen LogP contribution in [0.25, 0.3) is 22.9 Å². The van der Waals surface area contributed by atoms with Gasteiger partial charge in [-0.3, -0.25) is 10.1 Å². The molecule has 0 aliphatic carbocycles. The fourth-order valence-corrected chi connectivity index (χ4v) is 5.29. The molecular formula is C29H29Cl2N9O3. The first kappa shape index (κ1) is 30.1. The van der Waals surface area contributed by atoms with E-state index in [0.29, 0.717) is 45.6 Å². The van der Waals surface area contributed by atoms with Gasteiger partial charge in [0.25, 0.3) is 0 Å². The minimum atomic E-state index is -0.564. The normalized spacial score (nSPS) is 15.7. The molecule has 0 radical (unpaired) electrons. The van der Waals surface area contributed by atoms with Gasteiger partial charge in [0.1, 0.15) is 6.33 Å². The third-order valence-electron chi connectivity index (χ3n) is 7.04. The van der Waals surface area contributed by atoms with E-state index in [9.17, 15) is 9.59 Å². The summed E-state index contributed by atoms with van der Waals surface area (Å²) in [6.07, 6.45) is 6.78. The Morgan fingerprint density at radius 2 is 2.00 bits per heavy atom. The fourth-order valence-electron chi connectivity index (χ4n) is 4.90. The molecule has 3 N–H and O–H groups in total. The second kappa shape index (κ2) is 14.2. The van der Waals surface area contributed by atoms with Gasteiger partial charge in [-0.05, 0) is 96.7 Å². The standard InChI is InChI=1S/C29H29Cl2N9O3/c1-43-29(42)34-22-8-4-19(5-9-22)23-15-25(36-37-28(23)31)24(13-18-3-2-12-32-16-18)35-27(41)11-6-20-14-21(30)7-10-26(20)40-17-33-38-39-40/h4-11,14-15,17-18,24,32H,2-3,12-13,16H2,1H3,(H,34,42)(H,35,41). The van der Waals surface area contributed by atoms with Crippen molar-refractivity contribution in [1.82, 2.24) is 41.0 Å². The molecule has 2 atom stereocenters. The predicted molar refractivity (Wildman–Crippen MR) is 163 cm³/mol. The number of piperidine rings is 1. The summed E-state index contributed by atoms with van der Waals surface area (Å²) >= 11 is 12.7. The highest BCUT2D eigenvalue weighted by atomic mass is 35.5. The zero-order valence-electron chi connectivity index (χ0n) is 23.2. The van der Waals surface area contributed by atoms with Crippen LogP contribution in [0.3, 0.4) is 0 Å². The lowest BCUT2D eigenvalue weighted by molar-refractivity contribution is -0.117. The Kier molecular flexibility index (Phi) is 9.92. The molecule has 5 rings (SSSR count). The number of halogens is 2. The lowest BCUT2D eigenvalue weighted by Crippen LogP contribution is -2.35. The maximum Gasteiger partial charge on any atom is 0.411 e. The van der Waals surface area contributed by atoms with Crippen molar-refractivity contribution in [3.63, 3.8) is 0 Å². The molecule has 3 heterocycles. The van der Waals surface area contributed by atoms with Crippen molar-refractivity contribution in [3.8, 4) is 16.8 Å². The lowest BCUT2D eigenvalue weighted by Gasteiger charge is -2.27. The van der Waals surface area contributed by atoms with Gasteiger partial charge in [0.15, 0.2) is 5.15 Å². The number of tetrazole rings is 1. The van der Waals surface area contributed by atoms with Crippen molar-refractivity contribution in [2.75, 3.05) is 25.5 Å². The van der Waals surface area contributed by atoms with Gasteiger partial charge >= 0.3 is 6.09 Å². The highest BCUT2D eigenvalue weighted by molar-refractivity contribution is 6.32. The summed E-state index contributed by atoms with van der Waals surface area (Å²) in [4.78, 5) is 24.8. The Morgan fingerprint density at radius 1 is 1.16 bits per heavy atom. The summed E-state index contributed by atoms with van der Waals surface area (Å²) in [5.41, 5.74) is 3.92. The van der Waals surface area contributed by atoms with Crippen LogP contribution in [0.2, 0.25) is 10.2 Å². The summed E-state index contributed by atoms with van der Waals surface area (Å²) in [7, 11) is 1.30. The first-order chi connectivity index (χ1) is 20.9. The number of hydrogen-bond donors (Lipinski definition) is 3. The second-order valence-electron chi connectivity index (χ2n) is 9.97. The third kappa shape index (κ3) is 7.92. The summed E-state index contributed by atoms with van der Waals surface area (Å²) in [6, 6.07) is 13.7. The topological polar surface area (TPSA) is 149 Å². The van der Waals surface area contributed by atoms with E-state index < -0.39 is 12.1 Å². The molecule has 14 heteroatoms. The quantitative estimate of drug-likeness (QED) is 0.223. The van der Waals surface area contributed by atoms with E-state index >= 15 is 0 Å². The van der Waals surface area contributed by atoms with Gasteiger partial charge < -0.3 is 15.4 Å². The fraction of sp³-hybridized carbons (Fsp3) is 0.276. The maximum atomic E-state index is 13.3. The number of hydrogen-bond acceptors (Lipinski definition) is 9. The molecule has 2 amide bonds. The van der Waals surface area contributed by atoms with Gasteiger partial charge in [-0.1, -0.05) is 35.3 Å². The van der Waals surface area contributed by atoms with Crippen LogP contribution in [0.15, 0.2) is 60.9 Å². The molecule has 2 aromatic carbocycles. The minimum Gasteiger partial charge on any atom is -0.453 e. The minimum absolute atomic E-state index is 0.220. The van der Waals surface area contributed by atoms with Crippen LogP contribution in [0.1, 0.15) is 36.6 Å². The third-order valence-corrected chi connectivity index (χ3v) is 7.55. The molecule has 1 aliphatic rings. The molecule has 0 spiro atoms. The number of rotatable bonds is 9. The number of carbonyl (C=O) groups excluding carboxylic acids is 2. The number of amides is 2. The number of aromatic nitrogens is 6. The van der Waals surface area contributed by atoms with Crippen LogP contribution in [-0.4, -0.2) is 62.6 Å². The van der Waals surface area contributed by atoms with Gasteiger partial charge in [0.05, 0.1) is 24.5 Å². The highest BCUT2D eigenvalue weighted by Gasteiger charge is 2.24. The Labute approximate surface area is 257 Å². The van der Waals surface area contributed by atoms with Crippen LogP contribution in [-0.2, 0) is 9.53 Å². The summed E-state index contributed by atoms with van der Waals surface area (Å²) in [6.45, 7) is 1.83. The molecule has 4 aromatic rings. The zero-order valence-corrected chi connectivity index (χ0v) is 24.7. The van der Waals surface area contributed by atoms with E-state index in [-0.39, 0.29) is 11.1 Å². The second-order valence-corrected chi connectivity index (χ2v) is 10.8. The van der Waals surface area contributed by atoms with E-state index in [4.69, 9.17) is 23.2 Å². The van der Waals surface area contributed by atoms with Crippen LogP contribution in [0.5, 0.6) is 0 Å². The molecule has 2 unspecified atom stereocenters. The highest BCUT2D eigenvalue weighted by Crippen LogP contribution is 2.31. The van der Waals surface area contributed by atoms with Gasteiger partial charge in [0, 0.05) is 27.9 Å². The predicted octanol–water partition coefficient (Wildman–Crippen LogP) is 4.86. The van der Waals surface area contributed by atoms with Gasteiger partial charge in [-0.25, -0.2) is 4.79 Å². The van der Waals surface area contributed by atoms with Crippen molar-refractivity contribution < 1.29 is 14.3 Å². The first-order valence-corrected chi connectivity index (χ1v) is 14.4. The monoisotopic (exact) mass is 621 g/mol. The van der Waals surface area contributed by atoms with Gasteiger partial charge in [-0.2, -0.15) is 9.78 Å². The summed E-state index contributed by atoms with van der Waals surface area (Å²) in [5, 5.41) is 29.8. The molecule has 0 bridgehead atoms. The van der Waals surface area contributed by atoms with E-state index in [0.717, 1.165) is 31.5 Å². The molecule has 43 heavy (non-hydrogen) atoms. The molecule has 1 fully saturated rings. The number of benzene rings is 2. The zero-order chi connectivity index (χ0) is 30.2. The number of nitrogens with zero attached hydrogens (tertiary/aromatic N) is 6. The van der Waals surface area contributed by atoms with Crippen LogP contribution < -0.4 is 16.0 Å². The van der Waals surface area contributed by atoms with E-state index in [2.05, 4.69) is 46.4 Å². The smallest absolute Gasteiger partial charge is 0.411 e. The number of nitrogens with one attached hydrogen (secondary N) is 3. The average molecular weight is 623 g/mol. The Morgan fingerprint density at radius 3 is 2.72 bits per heavy atom.